The van der Waals surface area contributed by atoms with Crippen LogP contribution in [0, 0.1) is 0 Å². The third-order valence-corrected chi connectivity index (χ3v) is 5.08. The van der Waals surface area contributed by atoms with E-state index in [0.717, 1.165) is 44.3 Å². The number of carbonyl (C=O) groups is 2. The van der Waals surface area contributed by atoms with Crippen LogP contribution in [0.1, 0.15) is 52.1 Å². The first-order valence-electron chi connectivity index (χ1n) is 9.12. The fourth-order valence-electron chi connectivity index (χ4n) is 3.75. The van der Waals surface area contributed by atoms with Gasteiger partial charge in [-0.2, -0.15) is 5.10 Å². The first-order valence-corrected chi connectivity index (χ1v) is 9.12. The molecule has 0 aliphatic carbocycles. The quantitative estimate of drug-likeness (QED) is 0.889. The fraction of sp³-hybridized carbons (Fsp3) is 0.500. The highest BCUT2D eigenvalue weighted by atomic mass is 16.2. The summed E-state index contributed by atoms with van der Waals surface area (Å²) in [7, 11) is 0. The number of aromatic nitrogens is 4. The van der Waals surface area contributed by atoms with Crippen LogP contribution < -0.4 is 5.32 Å². The Morgan fingerprint density at radius 1 is 1.08 bits per heavy atom. The molecule has 0 radical (unpaired) electrons. The van der Waals surface area contributed by atoms with Gasteiger partial charge in [-0.05, 0) is 32.1 Å². The molecule has 0 unspecified atom stereocenters. The normalized spacial score (nSPS) is 19.7. The number of likely N-dealkylation sites (tertiary alicyclic amines) is 1. The summed E-state index contributed by atoms with van der Waals surface area (Å²) in [5.41, 5.74) is 2.17. The number of amides is 2. The number of piperidine rings is 1. The number of nitrogens with zero attached hydrogens (tertiary/aromatic N) is 5. The predicted octanol–water partition coefficient (Wildman–Crippen LogP) is 1.04. The number of fused-ring (bicyclic) bond motifs is 1. The zero-order valence-corrected chi connectivity index (χ0v) is 14.6. The second-order valence-corrected chi connectivity index (χ2v) is 6.88. The fourth-order valence-corrected chi connectivity index (χ4v) is 3.75. The molecule has 136 valence electrons. The van der Waals surface area contributed by atoms with Crippen molar-refractivity contribution in [1.29, 1.82) is 0 Å². The summed E-state index contributed by atoms with van der Waals surface area (Å²) in [5, 5.41) is 7.42. The van der Waals surface area contributed by atoms with Gasteiger partial charge in [0.1, 0.15) is 6.33 Å². The molecule has 2 aliphatic rings. The molecule has 26 heavy (non-hydrogen) atoms. The Labute approximate surface area is 151 Å². The Balaban J connectivity index is 1.41. The molecule has 4 rings (SSSR count). The molecule has 2 amide bonds. The maximum atomic E-state index is 12.7. The van der Waals surface area contributed by atoms with Crippen molar-refractivity contribution in [2.24, 2.45) is 0 Å². The molecule has 0 bridgehead atoms. The average Bonchev–Trinajstić information content (AvgIpc) is 3.12. The van der Waals surface area contributed by atoms with Gasteiger partial charge in [-0.15, -0.1) is 0 Å². The molecule has 0 spiro atoms. The highest BCUT2D eigenvalue weighted by Crippen LogP contribution is 2.19. The van der Waals surface area contributed by atoms with E-state index >= 15 is 0 Å². The largest absolute Gasteiger partial charge is 0.347 e. The Morgan fingerprint density at radius 2 is 1.92 bits per heavy atom. The van der Waals surface area contributed by atoms with Gasteiger partial charge in [-0.3, -0.25) is 14.3 Å². The van der Waals surface area contributed by atoms with Crippen LogP contribution in [0.3, 0.4) is 0 Å². The van der Waals surface area contributed by atoms with Crippen LogP contribution in [-0.2, 0) is 13.0 Å². The summed E-state index contributed by atoms with van der Waals surface area (Å²) in [6.45, 7) is 2.07. The van der Waals surface area contributed by atoms with Crippen LogP contribution in [0.4, 0.5) is 0 Å². The molecule has 1 N–H and O–H groups in total. The number of carbonyl (C=O) groups excluding carboxylic acids is 2. The second-order valence-electron chi connectivity index (χ2n) is 6.88. The van der Waals surface area contributed by atoms with Crippen molar-refractivity contribution < 1.29 is 9.59 Å². The smallest absolute Gasteiger partial charge is 0.257 e. The lowest BCUT2D eigenvalue weighted by atomic mass is 10.0. The van der Waals surface area contributed by atoms with Gasteiger partial charge in [0.2, 0.25) is 0 Å². The third-order valence-electron chi connectivity index (χ3n) is 5.08. The average molecular weight is 354 g/mol. The summed E-state index contributed by atoms with van der Waals surface area (Å²) >= 11 is 0. The van der Waals surface area contributed by atoms with Crippen LogP contribution in [0.25, 0.3) is 0 Å². The van der Waals surface area contributed by atoms with Crippen molar-refractivity contribution in [3.63, 3.8) is 0 Å². The molecule has 1 atom stereocenters. The molecule has 0 aromatic carbocycles. The van der Waals surface area contributed by atoms with Crippen LogP contribution in [0.15, 0.2) is 24.9 Å². The van der Waals surface area contributed by atoms with Crippen molar-refractivity contribution in [2.75, 3.05) is 13.1 Å². The van der Waals surface area contributed by atoms with Gasteiger partial charge >= 0.3 is 0 Å². The van der Waals surface area contributed by atoms with Gasteiger partial charge in [-0.1, -0.05) is 0 Å². The van der Waals surface area contributed by atoms with Gasteiger partial charge in [-0.25, -0.2) is 9.97 Å². The Kier molecular flexibility index (Phi) is 4.64. The zero-order chi connectivity index (χ0) is 17.9. The van der Waals surface area contributed by atoms with E-state index in [0.29, 0.717) is 24.2 Å². The predicted molar refractivity (Wildman–Crippen MR) is 93.6 cm³/mol. The molecule has 1 fully saturated rings. The van der Waals surface area contributed by atoms with Gasteiger partial charge in [0, 0.05) is 38.1 Å². The first kappa shape index (κ1) is 16.7. The summed E-state index contributed by atoms with van der Waals surface area (Å²) in [5.74, 6) is -0.178. The van der Waals surface area contributed by atoms with E-state index in [4.69, 9.17) is 0 Å². The van der Waals surface area contributed by atoms with Gasteiger partial charge in [0.25, 0.3) is 11.8 Å². The lowest BCUT2D eigenvalue weighted by Gasteiger charge is -2.33. The minimum Gasteiger partial charge on any atom is -0.347 e. The van der Waals surface area contributed by atoms with Gasteiger partial charge in [0.15, 0.2) is 0 Å². The summed E-state index contributed by atoms with van der Waals surface area (Å²) in [6, 6.07) is -0.0519. The number of rotatable bonds is 3. The molecular weight excluding hydrogens is 332 g/mol. The molecule has 8 heteroatoms. The zero-order valence-electron chi connectivity index (χ0n) is 14.6. The number of nitrogens with one attached hydrogen (secondary N) is 1. The van der Waals surface area contributed by atoms with Crippen LogP contribution in [0.5, 0.6) is 0 Å². The van der Waals surface area contributed by atoms with Crippen molar-refractivity contribution >= 4 is 11.8 Å². The minimum absolute atomic E-state index is 0.0519. The third kappa shape index (κ3) is 3.31. The topological polar surface area (TPSA) is 93.0 Å². The maximum Gasteiger partial charge on any atom is 0.257 e. The Hall–Kier alpha value is -2.77. The summed E-state index contributed by atoms with van der Waals surface area (Å²) < 4.78 is 1.94. The molecule has 2 aromatic heterocycles. The van der Waals surface area contributed by atoms with Gasteiger partial charge < -0.3 is 10.2 Å². The highest BCUT2D eigenvalue weighted by molar-refractivity contribution is 5.96. The van der Waals surface area contributed by atoms with E-state index in [1.165, 1.54) is 18.7 Å². The summed E-state index contributed by atoms with van der Waals surface area (Å²) in [4.78, 5) is 34.9. The molecule has 2 aromatic rings. The SMILES string of the molecule is O=C(N[C@H]1CCCN(C(=O)c2cncnc2)C1)c1cnn2c1CCCC2. The summed E-state index contributed by atoms with van der Waals surface area (Å²) in [6.07, 6.45) is 10.9. The van der Waals surface area contributed by atoms with Crippen LogP contribution >= 0.6 is 0 Å². The minimum atomic E-state index is -0.0903. The van der Waals surface area contributed by atoms with Crippen LogP contribution in [0.2, 0.25) is 0 Å². The van der Waals surface area contributed by atoms with Crippen molar-refractivity contribution in [3.05, 3.63) is 41.7 Å². The standard InChI is InChI=1S/C18H22N6O2/c25-17(15-10-21-24-7-2-1-5-16(15)24)22-14-4-3-6-23(11-14)18(26)13-8-19-12-20-9-13/h8-10,12,14H,1-7,11H2,(H,22,25)/t14-/m0/s1. The van der Waals surface area contributed by atoms with E-state index in [1.807, 2.05) is 4.68 Å². The maximum absolute atomic E-state index is 12.7. The van der Waals surface area contributed by atoms with E-state index in [1.54, 1.807) is 11.1 Å². The molecule has 1 saturated heterocycles. The molecule has 0 saturated carbocycles. The Morgan fingerprint density at radius 3 is 2.77 bits per heavy atom. The van der Waals surface area contributed by atoms with Gasteiger partial charge in [0.05, 0.1) is 23.0 Å². The lowest BCUT2D eigenvalue weighted by molar-refractivity contribution is 0.0675. The number of aryl methyl sites for hydroxylation is 1. The van der Waals surface area contributed by atoms with Crippen molar-refractivity contribution in [1.82, 2.24) is 30.0 Å². The molecule has 2 aliphatic heterocycles. The Bertz CT molecular complexity index is 803. The van der Waals surface area contributed by atoms with Crippen molar-refractivity contribution in [2.45, 2.75) is 44.7 Å². The molecule has 8 nitrogen and oxygen atoms in total. The highest BCUT2D eigenvalue weighted by Gasteiger charge is 2.27. The lowest BCUT2D eigenvalue weighted by Crippen LogP contribution is -2.49. The molecular formula is C18H22N6O2. The van der Waals surface area contributed by atoms with Crippen LogP contribution in [-0.4, -0.2) is 55.6 Å². The van der Waals surface area contributed by atoms with E-state index in [2.05, 4.69) is 20.4 Å². The second kappa shape index (κ2) is 7.23. The molecule has 4 heterocycles. The van der Waals surface area contributed by atoms with Crippen molar-refractivity contribution in [3.8, 4) is 0 Å². The number of hydrogen-bond acceptors (Lipinski definition) is 5. The number of hydrogen-bond donors (Lipinski definition) is 1. The van der Waals surface area contributed by atoms with E-state index < -0.39 is 0 Å². The van der Waals surface area contributed by atoms with E-state index in [-0.39, 0.29) is 17.9 Å². The monoisotopic (exact) mass is 354 g/mol. The van der Waals surface area contributed by atoms with E-state index in [9.17, 15) is 9.59 Å². The first-order chi connectivity index (χ1) is 12.7.